The first-order valence-corrected chi connectivity index (χ1v) is 40.4. The van der Waals surface area contributed by atoms with Crippen molar-refractivity contribution < 1.29 is 8.83 Å². The van der Waals surface area contributed by atoms with Crippen LogP contribution in [0, 0.1) is 0 Å². The zero-order valence-corrected chi connectivity index (χ0v) is 64.9. The van der Waals surface area contributed by atoms with E-state index in [0.717, 1.165) is 216 Å². The van der Waals surface area contributed by atoms with Gasteiger partial charge < -0.3 is 8.83 Å². The molecule has 0 saturated heterocycles. The van der Waals surface area contributed by atoms with Crippen molar-refractivity contribution in [3.05, 3.63) is 425 Å². The standard InChI is InChI=1S/C59H37N3O.C53H33N3O/c1-4-16-38(17-5-1)43-22-14-24-45(34-43)51-37-52(46-25-15-23-44(35-46)39-18-6-2-7-19-39)62-59(61-51)42-32-30-41(31-33-42)58-49-36-54-57(48-27-11-13-29-53(48)63-54)55(40-20-8-3-9-21-40)56(49)47-26-10-12-28-50(47)60-58;1-4-14-34(15-5-1)35-24-30-40(31-25-35)53-55-45(36-16-6-2-7-17-36)33-46(56-53)37-26-28-39(29-27-37)52-43-32-48-51(42-21-11-13-23-47(42)57-48)49(38-18-8-3-9-19-38)50(43)41-20-10-12-22-44(41)54-52/h1-37H;1-33H. The summed E-state index contributed by atoms with van der Waals surface area (Å²) in [6, 6.07) is 148. The van der Waals surface area contributed by atoms with E-state index in [2.05, 4.69) is 364 Å². The van der Waals surface area contributed by atoms with Crippen molar-refractivity contribution in [3.63, 3.8) is 0 Å². The van der Waals surface area contributed by atoms with Crippen molar-refractivity contribution in [2.24, 2.45) is 0 Å². The van der Waals surface area contributed by atoms with Gasteiger partial charge in [0.2, 0.25) is 0 Å². The van der Waals surface area contributed by atoms with Gasteiger partial charge in [0.15, 0.2) is 11.6 Å². The van der Waals surface area contributed by atoms with E-state index in [9.17, 15) is 0 Å². The summed E-state index contributed by atoms with van der Waals surface area (Å²) in [5, 5.41) is 11.0. The lowest BCUT2D eigenvalue weighted by molar-refractivity contribution is 0.669. The monoisotopic (exact) mass is 1530 g/mol. The van der Waals surface area contributed by atoms with Crippen LogP contribution in [0.1, 0.15) is 0 Å². The molecule has 23 aromatic rings. The SMILES string of the molecule is c1ccc(-c2ccc(-c3nc(-c4ccccc4)cc(-c4ccc(-c5nc6ccccc6c6c(-c7ccccc7)c7c(cc56)oc5ccccc57)cc4)n3)cc2)cc1.c1ccc(-c2cccc(-c3cc(-c4cccc(-c5ccccc5)c4)nc(-c4ccc(-c5nc6ccccc6c6c(-c7ccccc7)c7c(cc56)oc5ccccc57)cc4)n3)c2)cc1. The van der Waals surface area contributed by atoms with E-state index in [4.69, 9.17) is 38.7 Å². The second kappa shape index (κ2) is 30.2. The third-order valence-corrected chi connectivity index (χ3v) is 23.0. The first kappa shape index (κ1) is 70.5. The molecular weight excluding hydrogens is 1460 g/mol. The summed E-state index contributed by atoms with van der Waals surface area (Å²) in [6.45, 7) is 0. The molecule has 0 fully saturated rings. The molecule has 120 heavy (non-hydrogen) atoms. The maximum atomic E-state index is 6.62. The molecule has 8 nitrogen and oxygen atoms in total. The smallest absolute Gasteiger partial charge is 0.160 e. The lowest BCUT2D eigenvalue weighted by Gasteiger charge is -2.16. The number of fused-ring (bicyclic) bond motifs is 12. The average molecular weight is 1530 g/mol. The van der Waals surface area contributed by atoms with E-state index >= 15 is 0 Å². The zero-order valence-electron chi connectivity index (χ0n) is 64.9. The Morgan fingerprint density at radius 3 is 0.825 bits per heavy atom. The van der Waals surface area contributed by atoms with Gasteiger partial charge in [0, 0.05) is 109 Å². The molecule has 0 spiro atoms. The van der Waals surface area contributed by atoms with Gasteiger partial charge in [-0.3, -0.25) is 0 Å². The van der Waals surface area contributed by atoms with Crippen molar-refractivity contribution >= 4 is 87.2 Å². The van der Waals surface area contributed by atoms with Crippen LogP contribution >= 0.6 is 0 Å². The molecule has 0 saturated carbocycles. The average Bonchev–Trinajstić information content (AvgIpc) is 1.21. The van der Waals surface area contributed by atoms with Crippen LogP contribution in [0.5, 0.6) is 0 Å². The summed E-state index contributed by atoms with van der Waals surface area (Å²) in [6.07, 6.45) is 0. The largest absolute Gasteiger partial charge is 0.456 e. The molecule has 560 valence electrons. The fourth-order valence-corrected chi connectivity index (χ4v) is 17.2. The molecule has 0 unspecified atom stereocenters. The van der Waals surface area contributed by atoms with Gasteiger partial charge in [-0.05, 0) is 105 Å². The second-order valence-electron chi connectivity index (χ2n) is 30.3. The second-order valence-corrected chi connectivity index (χ2v) is 30.3. The van der Waals surface area contributed by atoms with Crippen molar-refractivity contribution in [3.8, 4) is 146 Å². The summed E-state index contributed by atoms with van der Waals surface area (Å²) < 4.78 is 13.2. The van der Waals surface area contributed by atoms with Crippen molar-refractivity contribution in [2.75, 3.05) is 0 Å². The van der Waals surface area contributed by atoms with E-state index < -0.39 is 0 Å². The molecule has 17 aromatic carbocycles. The van der Waals surface area contributed by atoms with Gasteiger partial charge in [-0.2, -0.15) is 0 Å². The number of rotatable bonds is 13. The molecule has 0 aliphatic rings. The highest BCUT2D eigenvalue weighted by Crippen LogP contribution is 2.49. The number of aromatic nitrogens is 6. The Bertz CT molecular complexity index is 7740. The van der Waals surface area contributed by atoms with Crippen LogP contribution in [0.25, 0.3) is 233 Å². The molecule has 0 aliphatic heterocycles. The number of pyridine rings is 2. The third-order valence-electron chi connectivity index (χ3n) is 23.0. The summed E-state index contributed by atoms with van der Waals surface area (Å²) >= 11 is 0. The Morgan fingerprint density at radius 2 is 0.425 bits per heavy atom. The van der Waals surface area contributed by atoms with Crippen LogP contribution in [0.3, 0.4) is 0 Å². The van der Waals surface area contributed by atoms with Gasteiger partial charge in [-0.1, -0.05) is 364 Å². The molecule has 8 heteroatoms. The molecule has 6 heterocycles. The quantitative estimate of drug-likeness (QED) is 0.105. The predicted molar refractivity (Wildman–Crippen MR) is 495 cm³/mol. The zero-order chi connectivity index (χ0) is 79.4. The lowest BCUT2D eigenvalue weighted by Crippen LogP contribution is -1.97. The lowest BCUT2D eigenvalue weighted by atomic mass is 9.89. The van der Waals surface area contributed by atoms with E-state index in [1.807, 2.05) is 60.7 Å². The summed E-state index contributed by atoms with van der Waals surface area (Å²) in [7, 11) is 0. The molecule has 0 N–H and O–H groups in total. The summed E-state index contributed by atoms with van der Waals surface area (Å²) in [5.74, 6) is 1.33. The van der Waals surface area contributed by atoms with E-state index in [1.165, 1.54) is 5.56 Å². The highest BCUT2D eigenvalue weighted by atomic mass is 16.3. The highest BCUT2D eigenvalue weighted by molar-refractivity contribution is 6.29. The van der Waals surface area contributed by atoms with Gasteiger partial charge in [0.05, 0.1) is 45.2 Å². The van der Waals surface area contributed by atoms with Gasteiger partial charge in [0.25, 0.3) is 0 Å². The first-order chi connectivity index (χ1) is 59.5. The Hall–Kier alpha value is -16.2. The summed E-state index contributed by atoms with van der Waals surface area (Å²) in [5.41, 5.74) is 30.0. The highest BCUT2D eigenvalue weighted by Gasteiger charge is 2.26. The Morgan fingerprint density at radius 1 is 0.150 bits per heavy atom. The number of benzene rings is 17. The number of nitrogens with zero attached hydrogens (tertiary/aromatic N) is 6. The van der Waals surface area contributed by atoms with Crippen LogP contribution in [-0.4, -0.2) is 29.9 Å². The molecule has 6 aromatic heterocycles. The third kappa shape index (κ3) is 13.0. The van der Waals surface area contributed by atoms with Crippen molar-refractivity contribution in [2.45, 2.75) is 0 Å². The van der Waals surface area contributed by atoms with Gasteiger partial charge in [-0.25, -0.2) is 29.9 Å². The normalized spacial score (nSPS) is 11.5. The van der Waals surface area contributed by atoms with Crippen LogP contribution in [-0.2, 0) is 0 Å². The molecule has 0 aliphatic carbocycles. The topological polar surface area (TPSA) is 104 Å². The van der Waals surface area contributed by atoms with Crippen LogP contribution in [0.15, 0.2) is 433 Å². The minimum Gasteiger partial charge on any atom is -0.456 e. The fraction of sp³-hybridized carbons (Fsp3) is 0. The van der Waals surface area contributed by atoms with Gasteiger partial charge in [-0.15, -0.1) is 0 Å². The molecule has 0 radical (unpaired) electrons. The van der Waals surface area contributed by atoms with E-state index in [0.29, 0.717) is 11.6 Å². The number of hydrogen-bond acceptors (Lipinski definition) is 8. The number of furan rings is 2. The Kier molecular flexibility index (Phi) is 17.8. The minimum absolute atomic E-state index is 0.649. The molecule has 0 atom stereocenters. The Balaban J connectivity index is 0.000000145. The van der Waals surface area contributed by atoms with Crippen LogP contribution < -0.4 is 0 Å². The molecule has 0 amide bonds. The van der Waals surface area contributed by atoms with E-state index in [1.54, 1.807) is 0 Å². The maximum absolute atomic E-state index is 6.62. The minimum atomic E-state index is 0.649. The molecule has 23 rings (SSSR count). The van der Waals surface area contributed by atoms with E-state index in [-0.39, 0.29) is 0 Å². The number of hydrogen-bond donors (Lipinski definition) is 0. The van der Waals surface area contributed by atoms with Gasteiger partial charge >= 0.3 is 0 Å². The molecule has 0 bridgehead atoms. The summed E-state index contributed by atoms with van der Waals surface area (Å²) in [4.78, 5) is 31.5. The molecular formula is C112H70N6O2. The number of para-hydroxylation sites is 4. The van der Waals surface area contributed by atoms with Crippen LogP contribution in [0.2, 0.25) is 0 Å². The fourth-order valence-electron chi connectivity index (χ4n) is 17.2. The van der Waals surface area contributed by atoms with Crippen LogP contribution in [0.4, 0.5) is 0 Å². The predicted octanol–water partition coefficient (Wildman–Crippen LogP) is 29.8. The Labute approximate surface area is 692 Å². The van der Waals surface area contributed by atoms with Crippen molar-refractivity contribution in [1.82, 2.24) is 29.9 Å². The first-order valence-electron chi connectivity index (χ1n) is 40.4. The maximum Gasteiger partial charge on any atom is 0.160 e. The van der Waals surface area contributed by atoms with Gasteiger partial charge in [0.1, 0.15) is 22.3 Å². The van der Waals surface area contributed by atoms with Crippen molar-refractivity contribution in [1.29, 1.82) is 0 Å².